The van der Waals surface area contributed by atoms with E-state index >= 15 is 0 Å². The molecule has 1 aromatic rings. The summed E-state index contributed by atoms with van der Waals surface area (Å²) >= 11 is 6.03. The minimum atomic E-state index is -0.676. The molecule has 0 radical (unpaired) electrons. The molecule has 0 fully saturated rings. The molecule has 0 saturated heterocycles. The summed E-state index contributed by atoms with van der Waals surface area (Å²) in [6.07, 6.45) is 0. The van der Waals surface area contributed by atoms with Crippen LogP contribution in [0.5, 0.6) is 0 Å². The van der Waals surface area contributed by atoms with Crippen LogP contribution in [0.3, 0.4) is 0 Å². The third-order valence-corrected chi connectivity index (χ3v) is 2.73. The highest BCUT2D eigenvalue weighted by atomic mass is 35.5. The molecule has 1 amide bonds. The highest BCUT2D eigenvalue weighted by Crippen LogP contribution is 2.21. The zero-order valence-corrected chi connectivity index (χ0v) is 9.87. The van der Waals surface area contributed by atoms with Gasteiger partial charge in [-0.2, -0.15) is 0 Å². The number of carbonyl (C=O) groups excluding carboxylic acids is 1. The van der Waals surface area contributed by atoms with E-state index in [0.717, 1.165) is 5.56 Å². The Morgan fingerprint density at radius 2 is 2.12 bits per heavy atom. The summed E-state index contributed by atoms with van der Waals surface area (Å²) in [7, 11) is 0. The van der Waals surface area contributed by atoms with Crippen molar-refractivity contribution in [1.82, 2.24) is 5.32 Å². The Bertz CT molecular complexity index is 370. The fourth-order valence-corrected chi connectivity index (χ4v) is 1.64. The Labute approximate surface area is 100.0 Å². The second-order valence-electron chi connectivity index (χ2n) is 3.66. The number of nitrogens with one attached hydrogen (secondary N) is 1. The average Bonchev–Trinajstić information content (AvgIpc) is 2.25. The van der Waals surface area contributed by atoms with Crippen LogP contribution in [0, 0.1) is 0 Å². The van der Waals surface area contributed by atoms with Gasteiger partial charge in [0.1, 0.15) is 0 Å². The monoisotopic (exact) mass is 241 g/mol. The van der Waals surface area contributed by atoms with Crippen molar-refractivity contribution in [3.63, 3.8) is 0 Å². The van der Waals surface area contributed by atoms with E-state index in [-0.39, 0.29) is 6.04 Å². The van der Waals surface area contributed by atoms with Crippen LogP contribution in [0.1, 0.15) is 18.5 Å². The van der Waals surface area contributed by atoms with E-state index in [1.165, 1.54) is 0 Å². The van der Waals surface area contributed by atoms with Crippen molar-refractivity contribution in [1.29, 1.82) is 0 Å². The number of primary amides is 1. The van der Waals surface area contributed by atoms with Crippen LogP contribution in [0.25, 0.3) is 0 Å². The van der Waals surface area contributed by atoms with Crippen LogP contribution >= 0.6 is 11.6 Å². The molecule has 2 unspecified atom stereocenters. The second-order valence-corrected chi connectivity index (χ2v) is 4.07. The zero-order valence-electron chi connectivity index (χ0n) is 9.11. The van der Waals surface area contributed by atoms with Crippen molar-refractivity contribution in [2.75, 3.05) is 6.54 Å². The van der Waals surface area contributed by atoms with Crippen molar-refractivity contribution in [3.05, 3.63) is 34.9 Å². The van der Waals surface area contributed by atoms with E-state index in [2.05, 4.69) is 5.32 Å². The van der Waals surface area contributed by atoms with Gasteiger partial charge >= 0.3 is 0 Å². The predicted molar refractivity (Wildman–Crippen MR) is 65.0 cm³/mol. The van der Waals surface area contributed by atoms with Crippen molar-refractivity contribution in [2.45, 2.75) is 19.0 Å². The molecule has 0 aliphatic carbocycles. The van der Waals surface area contributed by atoms with Gasteiger partial charge in [-0.3, -0.25) is 4.79 Å². The van der Waals surface area contributed by atoms with Gasteiger partial charge in [0.05, 0.1) is 6.04 Å². The van der Waals surface area contributed by atoms with Crippen molar-refractivity contribution in [2.24, 2.45) is 11.5 Å². The van der Waals surface area contributed by atoms with E-state index < -0.39 is 11.9 Å². The summed E-state index contributed by atoms with van der Waals surface area (Å²) in [4.78, 5) is 10.7. The maximum absolute atomic E-state index is 10.7. The maximum Gasteiger partial charge on any atom is 0.235 e. The lowest BCUT2D eigenvalue weighted by Gasteiger charge is -2.17. The summed E-state index contributed by atoms with van der Waals surface area (Å²) in [5.41, 5.74) is 11.5. The standard InChI is InChI=1S/C11H16ClN3O/c1-7(15-6-10(13)11(14)16)8-4-2-3-5-9(8)12/h2-5,7,10,15H,6,13H2,1H3,(H2,14,16). The average molecular weight is 242 g/mol. The fraction of sp³-hybridized carbons (Fsp3) is 0.364. The molecule has 0 bridgehead atoms. The Kier molecular flexibility index (Phi) is 4.73. The molecule has 0 aliphatic heterocycles. The molecular formula is C11H16ClN3O. The van der Waals surface area contributed by atoms with Gasteiger partial charge in [0.15, 0.2) is 0 Å². The Balaban J connectivity index is 2.56. The molecule has 0 spiro atoms. The van der Waals surface area contributed by atoms with Crippen molar-refractivity contribution >= 4 is 17.5 Å². The normalized spacial score (nSPS) is 14.4. The molecule has 0 heterocycles. The minimum absolute atomic E-state index is 0.0269. The van der Waals surface area contributed by atoms with Crippen LogP contribution in [-0.4, -0.2) is 18.5 Å². The van der Waals surface area contributed by atoms with Crippen molar-refractivity contribution in [3.8, 4) is 0 Å². The fourth-order valence-electron chi connectivity index (χ4n) is 1.34. The molecule has 2 atom stereocenters. The van der Waals surface area contributed by atoms with Crippen LogP contribution in [0.15, 0.2) is 24.3 Å². The van der Waals surface area contributed by atoms with Crippen LogP contribution in [0.2, 0.25) is 5.02 Å². The number of rotatable bonds is 5. The predicted octanol–water partition coefficient (Wildman–Crippen LogP) is 0.803. The van der Waals surface area contributed by atoms with Crippen LogP contribution in [-0.2, 0) is 4.79 Å². The molecule has 1 rings (SSSR count). The van der Waals surface area contributed by atoms with Crippen LogP contribution < -0.4 is 16.8 Å². The summed E-state index contributed by atoms with van der Waals surface area (Å²) in [6.45, 7) is 2.29. The van der Waals surface area contributed by atoms with E-state index in [0.29, 0.717) is 11.6 Å². The Morgan fingerprint density at radius 1 is 1.50 bits per heavy atom. The lowest BCUT2D eigenvalue weighted by Crippen LogP contribution is -2.44. The molecule has 0 aromatic heterocycles. The number of hydrogen-bond donors (Lipinski definition) is 3. The third-order valence-electron chi connectivity index (χ3n) is 2.38. The molecule has 5 heteroatoms. The minimum Gasteiger partial charge on any atom is -0.368 e. The van der Waals surface area contributed by atoms with Gasteiger partial charge in [0.25, 0.3) is 0 Å². The molecule has 1 aromatic carbocycles. The van der Waals surface area contributed by atoms with E-state index in [1.54, 1.807) is 0 Å². The summed E-state index contributed by atoms with van der Waals surface area (Å²) in [5, 5.41) is 3.80. The first-order chi connectivity index (χ1) is 7.52. The van der Waals surface area contributed by atoms with Gasteiger partial charge < -0.3 is 16.8 Å². The first-order valence-corrected chi connectivity index (χ1v) is 5.43. The summed E-state index contributed by atoms with van der Waals surface area (Å²) in [5.74, 6) is -0.515. The van der Waals surface area contributed by atoms with E-state index in [1.807, 2.05) is 31.2 Å². The van der Waals surface area contributed by atoms with Gasteiger partial charge in [0.2, 0.25) is 5.91 Å². The topological polar surface area (TPSA) is 81.1 Å². The Hall–Kier alpha value is -1.10. The van der Waals surface area contributed by atoms with Gasteiger partial charge in [-0.25, -0.2) is 0 Å². The smallest absolute Gasteiger partial charge is 0.235 e. The zero-order chi connectivity index (χ0) is 12.1. The summed E-state index contributed by atoms with van der Waals surface area (Å²) < 4.78 is 0. The van der Waals surface area contributed by atoms with Crippen LogP contribution in [0.4, 0.5) is 0 Å². The van der Waals surface area contributed by atoms with Gasteiger partial charge in [-0.05, 0) is 18.6 Å². The highest BCUT2D eigenvalue weighted by Gasteiger charge is 2.13. The molecule has 5 N–H and O–H groups in total. The lowest BCUT2D eigenvalue weighted by molar-refractivity contribution is -0.119. The number of benzene rings is 1. The first-order valence-electron chi connectivity index (χ1n) is 5.05. The lowest BCUT2D eigenvalue weighted by atomic mass is 10.1. The number of hydrogen-bond acceptors (Lipinski definition) is 3. The molecule has 88 valence electrons. The van der Waals surface area contributed by atoms with Gasteiger partial charge in [-0.1, -0.05) is 29.8 Å². The largest absolute Gasteiger partial charge is 0.368 e. The van der Waals surface area contributed by atoms with E-state index in [4.69, 9.17) is 23.1 Å². The van der Waals surface area contributed by atoms with Gasteiger partial charge in [-0.15, -0.1) is 0 Å². The Morgan fingerprint density at radius 3 is 2.69 bits per heavy atom. The molecule has 0 aliphatic rings. The SMILES string of the molecule is CC(NCC(N)C(N)=O)c1ccccc1Cl. The number of halogens is 1. The molecule has 0 saturated carbocycles. The number of nitrogens with two attached hydrogens (primary N) is 2. The summed E-state index contributed by atoms with van der Waals surface area (Å²) in [6, 6.07) is 6.88. The quantitative estimate of drug-likeness (QED) is 0.713. The molecule has 4 nitrogen and oxygen atoms in total. The number of amides is 1. The highest BCUT2D eigenvalue weighted by molar-refractivity contribution is 6.31. The maximum atomic E-state index is 10.7. The third kappa shape index (κ3) is 3.48. The second kappa shape index (κ2) is 5.84. The van der Waals surface area contributed by atoms with Crippen molar-refractivity contribution < 1.29 is 4.79 Å². The van der Waals surface area contributed by atoms with E-state index in [9.17, 15) is 4.79 Å². The molecule has 16 heavy (non-hydrogen) atoms. The number of carbonyl (C=O) groups is 1. The molecular weight excluding hydrogens is 226 g/mol. The van der Waals surface area contributed by atoms with Gasteiger partial charge in [0, 0.05) is 17.6 Å². The first kappa shape index (κ1) is 13.0.